The average molecular weight is 265 g/mol. The minimum Gasteiger partial charge on any atom is -0.466 e. The smallest absolute Gasteiger partial charge is 0.255 e. The molecule has 2 unspecified atom stereocenters. The largest absolute Gasteiger partial charge is 0.466 e. The number of amides is 1. The van der Waals surface area contributed by atoms with E-state index in [-0.39, 0.29) is 11.9 Å². The van der Waals surface area contributed by atoms with E-state index in [0.29, 0.717) is 11.3 Å². The molecule has 1 aromatic heterocycles. The zero-order valence-corrected chi connectivity index (χ0v) is 12.0. The highest BCUT2D eigenvalue weighted by molar-refractivity contribution is 5.97. The highest BCUT2D eigenvalue weighted by Crippen LogP contribution is 2.22. The van der Waals surface area contributed by atoms with Crippen molar-refractivity contribution in [3.63, 3.8) is 0 Å². The average Bonchev–Trinajstić information content (AvgIpc) is 2.51. The van der Waals surface area contributed by atoms with Crippen molar-refractivity contribution in [2.45, 2.75) is 65.0 Å². The molecule has 1 heterocycles. The van der Waals surface area contributed by atoms with Crippen molar-refractivity contribution in [2.24, 2.45) is 0 Å². The van der Waals surface area contributed by atoms with E-state index in [2.05, 4.69) is 5.32 Å². The van der Waals surface area contributed by atoms with Gasteiger partial charge in [0, 0.05) is 5.56 Å². The molecule has 4 heteroatoms. The Kier molecular flexibility index (Phi) is 4.30. The molecule has 1 aliphatic rings. The summed E-state index contributed by atoms with van der Waals surface area (Å²) in [5.74, 6) is 1.30. The van der Waals surface area contributed by atoms with Gasteiger partial charge in [-0.25, -0.2) is 0 Å². The lowest BCUT2D eigenvalue weighted by atomic mass is 10.0. The number of rotatable bonds is 2. The van der Waals surface area contributed by atoms with Gasteiger partial charge in [0.05, 0.1) is 17.7 Å². The van der Waals surface area contributed by atoms with Gasteiger partial charge in [0.25, 0.3) is 5.91 Å². The molecule has 0 bridgehead atoms. The molecule has 2 N–H and O–H groups in total. The summed E-state index contributed by atoms with van der Waals surface area (Å²) >= 11 is 0. The van der Waals surface area contributed by atoms with Crippen LogP contribution in [-0.4, -0.2) is 23.2 Å². The minimum atomic E-state index is -0.430. The Hall–Kier alpha value is -1.29. The molecular formula is C15H23NO3. The van der Waals surface area contributed by atoms with Crippen molar-refractivity contribution in [2.75, 3.05) is 0 Å². The molecular weight excluding hydrogens is 242 g/mol. The number of nitrogens with one attached hydrogen (secondary N) is 1. The fourth-order valence-electron chi connectivity index (χ4n) is 2.82. The number of aliphatic hydroxyl groups is 1. The summed E-state index contributed by atoms with van der Waals surface area (Å²) in [5, 5.41) is 13.0. The molecule has 19 heavy (non-hydrogen) atoms. The fourth-order valence-corrected chi connectivity index (χ4v) is 2.82. The van der Waals surface area contributed by atoms with E-state index in [9.17, 15) is 9.90 Å². The van der Waals surface area contributed by atoms with Crippen molar-refractivity contribution >= 4 is 5.91 Å². The number of hydrogen-bond donors (Lipinski definition) is 2. The number of aryl methyl sites for hydroxylation is 2. The van der Waals surface area contributed by atoms with Gasteiger partial charge >= 0.3 is 0 Å². The monoisotopic (exact) mass is 265 g/mol. The van der Waals surface area contributed by atoms with Gasteiger partial charge in [0.1, 0.15) is 11.5 Å². The number of hydrogen-bond acceptors (Lipinski definition) is 3. The normalized spacial score (nSPS) is 24.0. The van der Waals surface area contributed by atoms with Crippen LogP contribution in [0.2, 0.25) is 0 Å². The molecule has 4 nitrogen and oxygen atoms in total. The Balaban J connectivity index is 2.11. The van der Waals surface area contributed by atoms with Gasteiger partial charge in [-0.2, -0.15) is 0 Å². The Morgan fingerprint density at radius 2 is 1.84 bits per heavy atom. The van der Waals surface area contributed by atoms with Crippen LogP contribution in [0.15, 0.2) is 4.42 Å². The lowest BCUT2D eigenvalue weighted by Crippen LogP contribution is -2.42. The molecule has 2 atom stereocenters. The van der Waals surface area contributed by atoms with Crippen LogP contribution < -0.4 is 5.32 Å². The molecule has 0 spiro atoms. The lowest BCUT2D eigenvalue weighted by Gasteiger charge is -2.21. The molecule has 1 saturated carbocycles. The van der Waals surface area contributed by atoms with E-state index in [1.54, 1.807) is 6.92 Å². The van der Waals surface area contributed by atoms with Gasteiger partial charge in [0.2, 0.25) is 0 Å². The number of carbonyl (C=O) groups excluding carboxylic acids is 1. The predicted octanol–water partition coefficient (Wildman–Crippen LogP) is 2.63. The van der Waals surface area contributed by atoms with Gasteiger partial charge in [-0.15, -0.1) is 0 Å². The van der Waals surface area contributed by atoms with Crippen LogP contribution in [0.1, 0.15) is 59.5 Å². The van der Waals surface area contributed by atoms with Crippen LogP contribution in [0.4, 0.5) is 0 Å². The maximum atomic E-state index is 12.3. The third-order valence-electron chi connectivity index (χ3n) is 4.08. The van der Waals surface area contributed by atoms with E-state index in [1.807, 2.05) is 13.8 Å². The van der Waals surface area contributed by atoms with Crippen LogP contribution >= 0.6 is 0 Å². The van der Waals surface area contributed by atoms with E-state index in [4.69, 9.17) is 4.42 Å². The van der Waals surface area contributed by atoms with Crippen molar-refractivity contribution in [3.8, 4) is 0 Å². The third kappa shape index (κ3) is 3.00. The summed E-state index contributed by atoms with van der Waals surface area (Å²) in [6.07, 6.45) is 4.42. The third-order valence-corrected chi connectivity index (χ3v) is 4.08. The second-order valence-electron chi connectivity index (χ2n) is 5.50. The van der Waals surface area contributed by atoms with Crippen molar-refractivity contribution < 1.29 is 14.3 Å². The highest BCUT2D eigenvalue weighted by atomic mass is 16.3. The molecule has 1 amide bonds. The second-order valence-corrected chi connectivity index (χ2v) is 5.50. The summed E-state index contributed by atoms with van der Waals surface area (Å²) in [4.78, 5) is 12.3. The van der Waals surface area contributed by atoms with Gasteiger partial charge in [-0.1, -0.05) is 19.3 Å². The second kappa shape index (κ2) is 5.78. The molecule has 0 aromatic carbocycles. The number of carbonyl (C=O) groups is 1. The molecule has 1 aliphatic carbocycles. The highest BCUT2D eigenvalue weighted by Gasteiger charge is 2.26. The molecule has 2 rings (SSSR count). The summed E-state index contributed by atoms with van der Waals surface area (Å²) in [6.45, 7) is 5.56. The summed E-state index contributed by atoms with van der Waals surface area (Å²) in [5.41, 5.74) is 1.51. The topological polar surface area (TPSA) is 62.5 Å². The van der Waals surface area contributed by atoms with Crippen LogP contribution in [0.3, 0.4) is 0 Å². The van der Waals surface area contributed by atoms with Crippen LogP contribution in [-0.2, 0) is 0 Å². The molecule has 0 radical (unpaired) electrons. The SMILES string of the molecule is Cc1oc(C)c(C(=O)NC2CCCCCC2O)c1C. The van der Waals surface area contributed by atoms with E-state index < -0.39 is 6.10 Å². The molecule has 106 valence electrons. The molecule has 0 aliphatic heterocycles. The van der Waals surface area contributed by atoms with Gasteiger partial charge in [0.15, 0.2) is 0 Å². The van der Waals surface area contributed by atoms with Crippen LogP contribution in [0, 0.1) is 20.8 Å². The van der Waals surface area contributed by atoms with Gasteiger partial charge < -0.3 is 14.8 Å². The summed E-state index contributed by atoms with van der Waals surface area (Å²) < 4.78 is 5.48. The van der Waals surface area contributed by atoms with Gasteiger partial charge in [-0.3, -0.25) is 4.79 Å². The Morgan fingerprint density at radius 1 is 1.16 bits per heavy atom. The van der Waals surface area contributed by atoms with E-state index in [0.717, 1.165) is 43.4 Å². The first-order chi connectivity index (χ1) is 9.00. The summed E-state index contributed by atoms with van der Waals surface area (Å²) in [7, 11) is 0. The Morgan fingerprint density at radius 3 is 2.47 bits per heavy atom. The number of furan rings is 1. The first-order valence-corrected chi connectivity index (χ1v) is 7.06. The quantitative estimate of drug-likeness (QED) is 0.808. The molecule has 1 aromatic rings. The standard InChI is InChI=1S/C15H23NO3/c1-9-10(2)19-11(3)14(9)15(18)16-12-7-5-4-6-8-13(12)17/h12-13,17H,4-8H2,1-3H3,(H,16,18). The van der Waals surface area contributed by atoms with Crippen LogP contribution in [0.25, 0.3) is 0 Å². The predicted molar refractivity (Wildman–Crippen MR) is 73.3 cm³/mol. The molecule has 1 fully saturated rings. The van der Waals surface area contributed by atoms with Crippen molar-refractivity contribution in [3.05, 3.63) is 22.6 Å². The first-order valence-electron chi connectivity index (χ1n) is 7.06. The van der Waals surface area contributed by atoms with E-state index >= 15 is 0 Å². The molecule has 0 saturated heterocycles. The zero-order valence-electron chi connectivity index (χ0n) is 12.0. The van der Waals surface area contributed by atoms with Crippen LogP contribution in [0.5, 0.6) is 0 Å². The minimum absolute atomic E-state index is 0.127. The maximum Gasteiger partial charge on any atom is 0.255 e. The number of aliphatic hydroxyl groups excluding tert-OH is 1. The Bertz CT molecular complexity index is 464. The van der Waals surface area contributed by atoms with Crippen molar-refractivity contribution in [1.82, 2.24) is 5.32 Å². The Labute approximate surface area is 114 Å². The lowest BCUT2D eigenvalue weighted by molar-refractivity contribution is 0.0817. The summed E-state index contributed by atoms with van der Waals surface area (Å²) in [6, 6.07) is -0.135. The first kappa shape index (κ1) is 14.1. The maximum absolute atomic E-state index is 12.3. The zero-order chi connectivity index (χ0) is 14.0. The van der Waals surface area contributed by atoms with Crippen molar-refractivity contribution in [1.29, 1.82) is 0 Å². The van der Waals surface area contributed by atoms with E-state index in [1.165, 1.54) is 0 Å². The van der Waals surface area contributed by atoms with Gasteiger partial charge in [-0.05, 0) is 33.6 Å². The fraction of sp³-hybridized carbons (Fsp3) is 0.667.